The number of hydrogen-bond acceptors (Lipinski definition) is 6. The maximum Gasteiger partial charge on any atom is 0.319 e. The number of rotatable bonds is 9. The van der Waals surface area contributed by atoms with Crippen LogP contribution in [-0.4, -0.2) is 25.7 Å². The summed E-state index contributed by atoms with van der Waals surface area (Å²) in [5, 5.41) is 26.1. The SMILES string of the molecule is Cc1ccccc1CSc1nnc(CNC(=O)Nc2ccc(C(C)C)cc2)n1-c1ccc([N+](=O)[O-])cc1. The van der Waals surface area contributed by atoms with Gasteiger partial charge in [-0.05, 0) is 53.8 Å². The van der Waals surface area contributed by atoms with Crippen LogP contribution in [0.2, 0.25) is 0 Å². The van der Waals surface area contributed by atoms with Crippen molar-refractivity contribution >= 4 is 29.2 Å². The fourth-order valence-electron chi connectivity index (χ4n) is 3.69. The van der Waals surface area contributed by atoms with Gasteiger partial charge < -0.3 is 10.6 Å². The molecule has 1 aromatic heterocycles. The van der Waals surface area contributed by atoms with Crippen molar-refractivity contribution < 1.29 is 9.72 Å². The Labute approximate surface area is 219 Å². The van der Waals surface area contributed by atoms with Crippen LogP contribution in [0.3, 0.4) is 0 Å². The van der Waals surface area contributed by atoms with Gasteiger partial charge in [-0.3, -0.25) is 14.7 Å². The number of aryl methyl sites for hydroxylation is 1. The van der Waals surface area contributed by atoms with E-state index in [1.54, 1.807) is 12.1 Å². The van der Waals surface area contributed by atoms with Crippen LogP contribution < -0.4 is 10.6 Å². The third-order valence-corrected chi connectivity index (χ3v) is 6.86. The first-order chi connectivity index (χ1) is 17.8. The molecule has 0 bridgehead atoms. The molecule has 3 aromatic carbocycles. The van der Waals surface area contributed by atoms with Crippen LogP contribution in [0.15, 0.2) is 78.0 Å². The lowest BCUT2D eigenvalue weighted by molar-refractivity contribution is -0.384. The Morgan fingerprint density at radius 3 is 2.38 bits per heavy atom. The molecule has 1 heterocycles. The van der Waals surface area contributed by atoms with E-state index in [0.717, 1.165) is 0 Å². The largest absolute Gasteiger partial charge is 0.331 e. The summed E-state index contributed by atoms with van der Waals surface area (Å²) in [5.74, 6) is 1.59. The Hall–Kier alpha value is -4.18. The summed E-state index contributed by atoms with van der Waals surface area (Å²) in [6, 6.07) is 21.6. The number of amides is 2. The van der Waals surface area contributed by atoms with Crippen molar-refractivity contribution in [1.29, 1.82) is 0 Å². The normalized spacial score (nSPS) is 10.9. The average molecular weight is 517 g/mol. The highest BCUT2D eigenvalue weighted by Gasteiger charge is 2.17. The molecule has 4 aromatic rings. The van der Waals surface area contributed by atoms with Gasteiger partial charge >= 0.3 is 6.03 Å². The van der Waals surface area contributed by atoms with Crippen LogP contribution in [0.5, 0.6) is 0 Å². The van der Waals surface area contributed by atoms with Crippen LogP contribution in [0.1, 0.15) is 42.3 Å². The van der Waals surface area contributed by atoms with Crippen molar-refractivity contribution in [2.24, 2.45) is 0 Å². The maximum atomic E-state index is 12.6. The van der Waals surface area contributed by atoms with Gasteiger partial charge in [0, 0.05) is 29.3 Å². The minimum atomic E-state index is -0.440. The molecule has 0 aliphatic heterocycles. The second-order valence-corrected chi connectivity index (χ2v) is 9.75. The first-order valence-electron chi connectivity index (χ1n) is 11.8. The van der Waals surface area contributed by atoms with Crippen LogP contribution in [0, 0.1) is 17.0 Å². The Balaban J connectivity index is 1.52. The number of carbonyl (C=O) groups excluding carboxylic acids is 1. The van der Waals surface area contributed by atoms with Crippen LogP contribution in [-0.2, 0) is 12.3 Å². The lowest BCUT2D eigenvalue weighted by atomic mass is 10.0. The van der Waals surface area contributed by atoms with E-state index >= 15 is 0 Å². The fraction of sp³-hybridized carbons (Fsp3) is 0.222. The Bertz CT molecular complexity index is 1380. The molecule has 0 unspecified atom stereocenters. The van der Waals surface area contributed by atoms with E-state index in [4.69, 9.17) is 0 Å². The lowest BCUT2D eigenvalue weighted by Gasteiger charge is -2.12. The first kappa shape index (κ1) is 25.9. The molecule has 9 nitrogen and oxygen atoms in total. The molecule has 0 aliphatic carbocycles. The molecule has 2 N–H and O–H groups in total. The molecule has 10 heteroatoms. The maximum absolute atomic E-state index is 12.6. The molecule has 0 saturated carbocycles. The summed E-state index contributed by atoms with van der Waals surface area (Å²) < 4.78 is 1.81. The Kier molecular flexibility index (Phi) is 8.19. The molecule has 0 spiro atoms. The second-order valence-electron chi connectivity index (χ2n) is 8.81. The van der Waals surface area contributed by atoms with Crippen molar-refractivity contribution in [1.82, 2.24) is 20.1 Å². The average Bonchev–Trinajstić information content (AvgIpc) is 3.30. The molecule has 2 amide bonds. The quantitative estimate of drug-likeness (QED) is 0.155. The van der Waals surface area contributed by atoms with Gasteiger partial charge in [0.25, 0.3) is 5.69 Å². The van der Waals surface area contributed by atoms with E-state index in [-0.39, 0.29) is 18.3 Å². The number of hydrogen-bond donors (Lipinski definition) is 2. The number of benzene rings is 3. The van der Waals surface area contributed by atoms with Gasteiger partial charge in [-0.1, -0.05) is 62.0 Å². The van der Waals surface area contributed by atoms with Crippen molar-refractivity contribution in [2.45, 2.75) is 44.1 Å². The standard InChI is InChI=1S/C27H28N6O3S/c1-18(2)20-8-10-22(11-9-20)29-26(34)28-16-25-30-31-27(37-17-21-7-5-4-6-19(21)3)32(25)23-12-14-24(15-13-23)33(35)36/h4-15,18H,16-17H2,1-3H3,(H2,28,29,34). The van der Waals surface area contributed by atoms with Crippen molar-refractivity contribution in [3.8, 4) is 5.69 Å². The van der Waals surface area contributed by atoms with E-state index in [0.29, 0.717) is 34.0 Å². The number of nitro benzene ring substituents is 1. The van der Waals surface area contributed by atoms with Gasteiger partial charge in [-0.25, -0.2) is 4.79 Å². The van der Waals surface area contributed by atoms with Crippen LogP contribution in [0.4, 0.5) is 16.2 Å². The van der Waals surface area contributed by atoms with Crippen LogP contribution in [0.25, 0.3) is 5.69 Å². The molecule has 0 fully saturated rings. The zero-order chi connectivity index (χ0) is 26.4. The van der Waals surface area contributed by atoms with Gasteiger partial charge in [-0.15, -0.1) is 10.2 Å². The molecule has 37 heavy (non-hydrogen) atoms. The van der Waals surface area contributed by atoms with Gasteiger partial charge in [0.2, 0.25) is 0 Å². The lowest BCUT2D eigenvalue weighted by Crippen LogP contribution is -2.29. The highest BCUT2D eigenvalue weighted by molar-refractivity contribution is 7.98. The summed E-state index contributed by atoms with van der Waals surface area (Å²) >= 11 is 1.51. The predicted octanol–water partition coefficient (Wildman–Crippen LogP) is 6.22. The van der Waals surface area contributed by atoms with E-state index in [1.807, 2.05) is 41.0 Å². The molecule has 4 rings (SSSR count). The highest BCUT2D eigenvalue weighted by Crippen LogP contribution is 2.27. The molecule has 0 aliphatic rings. The second kappa shape index (κ2) is 11.7. The Morgan fingerprint density at radius 2 is 1.73 bits per heavy atom. The van der Waals surface area contributed by atoms with E-state index < -0.39 is 4.92 Å². The number of urea groups is 1. The fourth-order valence-corrected chi connectivity index (χ4v) is 4.74. The van der Waals surface area contributed by atoms with E-state index in [1.165, 1.54) is 40.6 Å². The van der Waals surface area contributed by atoms with Gasteiger partial charge in [0.05, 0.1) is 11.5 Å². The summed E-state index contributed by atoms with van der Waals surface area (Å²) in [6.45, 7) is 6.40. The Morgan fingerprint density at radius 1 is 1.03 bits per heavy atom. The third kappa shape index (κ3) is 6.53. The molecule has 0 atom stereocenters. The van der Waals surface area contributed by atoms with E-state index in [2.05, 4.69) is 53.7 Å². The van der Waals surface area contributed by atoms with Gasteiger partial charge in [0.15, 0.2) is 11.0 Å². The number of anilines is 1. The number of carbonyl (C=O) groups is 1. The van der Waals surface area contributed by atoms with Crippen molar-refractivity contribution in [3.05, 3.63) is 105 Å². The van der Waals surface area contributed by atoms with Crippen molar-refractivity contribution in [2.75, 3.05) is 5.32 Å². The number of thioether (sulfide) groups is 1. The summed E-state index contributed by atoms with van der Waals surface area (Å²) in [5.41, 5.74) is 4.90. The number of nitro groups is 1. The molecular formula is C27H28N6O3S. The van der Waals surface area contributed by atoms with E-state index in [9.17, 15) is 14.9 Å². The monoisotopic (exact) mass is 516 g/mol. The molecular weight excluding hydrogens is 488 g/mol. The highest BCUT2D eigenvalue weighted by atomic mass is 32.2. The molecule has 0 saturated heterocycles. The summed E-state index contributed by atoms with van der Waals surface area (Å²) in [7, 11) is 0. The van der Waals surface area contributed by atoms with Gasteiger partial charge in [0.1, 0.15) is 0 Å². The zero-order valence-electron chi connectivity index (χ0n) is 20.8. The minimum Gasteiger partial charge on any atom is -0.331 e. The predicted molar refractivity (Wildman–Crippen MR) is 145 cm³/mol. The number of non-ortho nitro benzene ring substituents is 1. The smallest absolute Gasteiger partial charge is 0.319 e. The molecule has 0 radical (unpaired) electrons. The zero-order valence-corrected chi connectivity index (χ0v) is 21.7. The van der Waals surface area contributed by atoms with Crippen molar-refractivity contribution in [3.63, 3.8) is 0 Å². The first-order valence-corrected chi connectivity index (χ1v) is 12.8. The van der Waals surface area contributed by atoms with Crippen LogP contribution >= 0.6 is 11.8 Å². The minimum absolute atomic E-state index is 0.00604. The number of nitrogens with one attached hydrogen (secondary N) is 2. The summed E-state index contributed by atoms with van der Waals surface area (Å²) in [4.78, 5) is 23.2. The molecule has 190 valence electrons. The van der Waals surface area contributed by atoms with Gasteiger partial charge in [-0.2, -0.15) is 0 Å². The topological polar surface area (TPSA) is 115 Å². The summed E-state index contributed by atoms with van der Waals surface area (Å²) in [6.07, 6.45) is 0. The number of nitrogens with zero attached hydrogens (tertiary/aromatic N) is 4. The number of aromatic nitrogens is 3. The third-order valence-electron chi connectivity index (χ3n) is 5.88.